The number of nitrogens with zero attached hydrogens (tertiary/aromatic N) is 3. The van der Waals surface area contributed by atoms with Crippen LogP contribution in [0.15, 0.2) is 18.3 Å². The van der Waals surface area contributed by atoms with Crippen molar-refractivity contribution in [3.05, 3.63) is 23.9 Å². The van der Waals surface area contributed by atoms with E-state index in [1.807, 2.05) is 18.7 Å². The van der Waals surface area contributed by atoms with Gasteiger partial charge in [0.1, 0.15) is 11.9 Å². The zero-order valence-electron chi connectivity index (χ0n) is 12.3. The second-order valence-electron chi connectivity index (χ2n) is 5.44. The van der Waals surface area contributed by atoms with Gasteiger partial charge in [-0.05, 0) is 26.0 Å². The second kappa shape index (κ2) is 6.09. The molecular formula is C14H21N5O2. The second-order valence-corrected chi connectivity index (χ2v) is 5.44. The molecule has 1 atom stereocenters. The summed E-state index contributed by atoms with van der Waals surface area (Å²) >= 11 is 0. The summed E-state index contributed by atoms with van der Waals surface area (Å²) < 4.78 is 0. The van der Waals surface area contributed by atoms with E-state index in [0.29, 0.717) is 18.7 Å². The van der Waals surface area contributed by atoms with E-state index >= 15 is 0 Å². The normalized spacial score (nSPS) is 19.8. The van der Waals surface area contributed by atoms with Gasteiger partial charge >= 0.3 is 0 Å². The van der Waals surface area contributed by atoms with Gasteiger partial charge in [0.05, 0.1) is 5.56 Å². The Bertz CT molecular complexity index is 546. The van der Waals surface area contributed by atoms with Gasteiger partial charge in [-0.3, -0.25) is 14.5 Å². The number of amides is 2. The lowest BCUT2D eigenvalue weighted by Gasteiger charge is -2.42. The summed E-state index contributed by atoms with van der Waals surface area (Å²) in [5, 5.41) is 0. The van der Waals surface area contributed by atoms with Crippen LogP contribution in [0, 0.1) is 0 Å². The Balaban J connectivity index is 2.18. The van der Waals surface area contributed by atoms with Gasteiger partial charge in [0.25, 0.3) is 5.91 Å². The lowest BCUT2D eigenvalue weighted by molar-refractivity contribution is -0.126. The Labute approximate surface area is 123 Å². The molecule has 0 saturated carbocycles. The maximum atomic E-state index is 12.5. The van der Waals surface area contributed by atoms with E-state index in [1.165, 1.54) is 6.20 Å². The number of nitrogen functional groups attached to an aromatic ring is 1. The van der Waals surface area contributed by atoms with Gasteiger partial charge in [-0.1, -0.05) is 0 Å². The molecule has 1 aliphatic heterocycles. The van der Waals surface area contributed by atoms with E-state index < -0.39 is 11.9 Å². The third-order valence-corrected chi connectivity index (χ3v) is 3.77. The van der Waals surface area contributed by atoms with Crippen LogP contribution in [0.25, 0.3) is 0 Å². The van der Waals surface area contributed by atoms with E-state index in [0.717, 1.165) is 0 Å². The highest BCUT2D eigenvalue weighted by molar-refractivity contribution is 5.98. The predicted molar refractivity (Wildman–Crippen MR) is 79.4 cm³/mol. The zero-order valence-corrected chi connectivity index (χ0v) is 12.3. The number of carbonyl (C=O) groups is 2. The Morgan fingerprint density at radius 2 is 2.10 bits per heavy atom. The molecule has 7 heteroatoms. The number of primary amides is 1. The van der Waals surface area contributed by atoms with Crippen LogP contribution in [0.2, 0.25) is 0 Å². The van der Waals surface area contributed by atoms with Gasteiger partial charge in [0.15, 0.2) is 0 Å². The molecule has 2 amide bonds. The van der Waals surface area contributed by atoms with Crippen LogP contribution in [0.3, 0.4) is 0 Å². The van der Waals surface area contributed by atoms with Crippen LogP contribution in [0.1, 0.15) is 24.2 Å². The number of piperazine rings is 1. The lowest BCUT2D eigenvalue weighted by atomic mass is 10.1. The smallest absolute Gasteiger partial charge is 0.257 e. The maximum absolute atomic E-state index is 12.5. The van der Waals surface area contributed by atoms with Crippen LogP contribution in [-0.4, -0.2) is 58.3 Å². The lowest BCUT2D eigenvalue weighted by Crippen LogP contribution is -2.61. The van der Waals surface area contributed by atoms with Crippen LogP contribution >= 0.6 is 0 Å². The molecule has 21 heavy (non-hydrogen) atoms. The Kier molecular flexibility index (Phi) is 4.42. The average Bonchev–Trinajstić information content (AvgIpc) is 2.46. The number of pyridine rings is 1. The standard InChI is InChI=1S/C14H21N5O2/c1-9(2)19-7-6-18(8-11(19)13(16)20)14(21)10-4-3-5-17-12(10)15/h3-5,9,11H,6-8H2,1-2H3,(H2,15,17)(H2,16,20). The maximum Gasteiger partial charge on any atom is 0.257 e. The topological polar surface area (TPSA) is 106 Å². The fourth-order valence-corrected chi connectivity index (χ4v) is 2.62. The van der Waals surface area contributed by atoms with Gasteiger partial charge in [-0.2, -0.15) is 0 Å². The first-order chi connectivity index (χ1) is 9.91. The molecule has 1 aromatic rings. The van der Waals surface area contributed by atoms with E-state index in [4.69, 9.17) is 11.5 Å². The number of aromatic nitrogens is 1. The average molecular weight is 291 g/mol. The number of carbonyl (C=O) groups excluding carboxylic acids is 2. The van der Waals surface area contributed by atoms with E-state index in [9.17, 15) is 9.59 Å². The molecule has 2 rings (SSSR count). The van der Waals surface area contributed by atoms with Crippen molar-refractivity contribution in [2.24, 2.45) is 5.73 Å². The molecule has 1 saturated heterocycles. The molecule has 0 bridgehead atoms. The molecule has 1 aromatic heterocycles. The Morgan fingerprint density at radius 3 is 2.67 bits per heavy atom. The number of anilines is 1. The predicted octanol–water partition coefficient (Wildman–Crippen LogP) is -0.316. The SMILES string of the molecule is CC(C)N1CCN(C(=O)c2cccnc2N)CC1C(N)=O. The molecule has 1 unspecified atom stereocenters. The van der Waals surface area contributed by atoms with E-state index in [2.05, 4.69) is 4.98 Å². The van der Waals surface area contributed by atoms with E-state index in [-0.39, 0.29) is 24.3 Å². The van der Waals surface area contributed by atoms with E-state index in [1.54, 1.807) is 17.0 Å². The van der Waals surface area contributed by atoms with Crippen molar-refractivity contribution in [2.75, 3.05) is 25.4 Å². The minimum Gasteiger partial charge on any atom is -0.383 e. The van der Waals surface area contributed by atoms with Crippen LogP contribution in [0.4, 0.5) is 5.82 Å². The van der Waals surface area contributed by atoms with Crippen molar-refractivity contribution in [3.63, 3.8) is 0 Å². The molecule has 114 valence electrons. The van der Waals surface area contributed by atoms with Crippen molar-refractivity contribution in [1.29, 1.82) is 0 Å². The molecule has 2 heterocycles. The first kappa shape index (κ1) is 15.2. The summed E-state index contributed by atoms with van der Waals surface area (Å²) in [7, 11) is 0. The number of hydrogen-bond acceptors (Lipinski definition) is 5. The Hall–Kier alpha value is -2.15. The van der Waals surface area contributed by atoms with Crippen molar-refractivity contribution >= 4 is 17.6 Å². The highest BCUT2D eigenvalue weighted by Crippen LogP contribution is 2.17. The molecule has 0 radical (unpaired) electrons. The third kappa shape index (κ3) is 3.13. The third-order valence-electron chi connectivity index (χ3n) is 3.77. The highest BCUT2D eigenvalue weighted by atomic mass is 16.2. The summed E-state index contributed by atoms with van der Waals surface area (Å²) in [6.45, 7) is 5.44. The number of nitrogens with two attached hydrogens (primary N) is 2. The zero-order chi connectivity index (χ0) is 15.6. The van der Waals surface area contributed by atoms with Gasteiger partial charge in [-0.15, -0.1) is 0 Å². The molecule has 0 aliphatic carbocycles. The monoisotopic (exact) mass is 291 g/mol. The van der Waals surface area contributed by atoms with Crippen molar-refractivity contribution in [1.82, 2.24) is 14.8 Å². The quantitative estimate of drug-likeness (QED) is 0.794. The summed E-state index contributed by atoms with van der Waals surface area (Å²) in [4.78, 5) is 31.7. The van der Waals surface area contributed by atoms with Crippen LogP contribution in [0.5, 0.6) is 0 Å². The molecule has 0 aromatic carbocycles. The largest absolute Gasteiger partial charge is 0.383 e. The number of hydrogen-bond donors (Lipinski definition) is 2. The fourth-order valence-electron chi connectivity index (χ4n) is 2.62. The first-order valence-corrected chi connectivity index (χ1v) is 6.96. The summed E-state index contributed by atoms with van der Waals surface area (Å²) in [6, 6.07) is 3.03. The summed E-state index contributed by atoms with van der Waals surface area (Å²) in [5.41, 5.74) is 11.6. The summed E-state index contributed by atoms with van der Waals surface area (Å²) in [5.74, 6) is -0.431. The molecule has 4 N–H and O–H groups in total. The van der Waals surface area contributed by atoms with Crippen LogP contribution < -0.4 is 11.5 Å². The molecule has 7 nitrogen and oxygen atoms in total. The van der Waals surface area contributed by atoms with Crippen molar-refractivity contribution in [2.45, 2.75) is 25.9 Å². The minimum absolute atomic E-state index is 0.197. The molecular weight excluding hydrogens is 270 g/mol. The summed E-state index contributed by atoms with van der Waals surface area (Å²) in [6.07, 6.45) is 1.54. The highest BCUT2D eigenvalue weighted by Gasteiger charge is 2.34. The van der Waals surface area contributed by atoms with Gasteiger partial charge in [0, 0.05) is 31.9 Å². The Morgan fingerprint density at radius 1 is 1.38 bits per heavy atom. The minimum atomic E-state index is -0.472. The van der Waals surface area contributed by atoms with Gasteiger partial charge in [0.2, 0.25) is 5.91 Å². The van der Waals surface area contributed by atoms with Crippen LogP contribution in [-0.2, 0) is 4.79 Å². The van der Waals surface area contributed by atoms with Gasteiger partial charge < -0.3 is 16.4 Å². The molecule has 0 spiro atoms. The van der Waals surface area contributed by atoms with Crippen molar-refractivity contribution < 1.29 is 9.59 Å². The fraction of sp³-hybridized carbons (Fsp3) is 0.500. The van der Waals surface area contributed by atoms with Gasteiger partial charge in [-0.25, -0.2) is 4.98 Å². The number of rotatable bonds is 3. The molecule has 1 aliphatic rings. The molecule has 1 fully saturated rings. The first-order valence-electron chi connectivity index (χ1n) is 6.96. The van der Waals surface area contributed by atoms with Crippen molar-refractivity contribution in [3.8, 4) is 0 Å².